The van der Waals surface area contributed by atoms with E-state index in [4.69, 9.17) is 0 Å². The molecule has 2 heteroatoms. The fourth-order valence-electron chi connectivity index (χ4n) is 1.95. The van der Waals surface area contributed by atoms with E-state index in [0.717, 1.165) is 6.54 Å². The second-order valence-electron chi connectivity index (χ2n) is 4.85. The molecule has 0 saturated carbocycles. The number of hydrogen-bond acceptors (Lipinski definition) is 2. The lowest BCUT2D eigenvalue weighted by Gasteiger charge is -2.31. The predicted octanol–water partition coefficient (Wildman–Crippen LogP) is 2.84. The molecule has 0 rings (SSSR count). The van der Waals surface area contributed by atoms with Gasteiger partial charge in [0, 0.05) is 25.2 Å². The average Bonchev–Trinajstić information content (AvgIpc) is 2.16. The van der Waals surface area contributed by atoms with Gasteiger partial charge >= 0.3 is 0 Å². The highest BCUT2D eigenvalue weighted by Crippen LogP contribution is 2.02. The van der Waals surface area contributed by atoms with Crippen LogP contribution in [-0.2, 0) is 0 Å². The van der Waals surface area contributed by atoms with Crippen molar-refractivity contribution in [2.45, 2.75) is 60.0 Å². The Morgan fingerprint density at radius 3 is 1.53 bits per heavy atom. The fraction of sp³-hybridized carbons (Fsp3) is 1.00. The Hall–Kier alpha value is -0.0800. The van der Waals surface area contributed by atoms with Gasteiger partial charge in [-0.15, -0.1) is 0 Å². The van der Waals surface area contributed by atoms with Gasteiger partial charge in [-0.05, 0) is 47.2 Å². The zero-order valence-electron chi connectivity index (χ0n) is 11.6. The molecule has 0 N–H and O–H groups in total. The molecule has 0 aromatic heterocycles. The summed E-state index contributed by atoms with van der Waals surface area (Å²) >= 11 is 0. The molecule has 0 amide bonds. The molecule has 0 atom stereocenters. The molecule has 15 heavy (non-hydrogen) atoms. The zero-order chi connectivity index (χ0) is 11.8. The van der Waals surface area contributed by atoms with Crippen LogP contribution in [0.3, 0.4) is 0 Å². The van der Waals surface area contributed by atoms with E-state index < -0.39 is 0 Å². The summed E-state index contributed by atoms with van der Waals surface area (Å²) in [5, 5.41) is 0. The van der Waals surface area contributed by atoms with Crippen LogP contribution in [0.15, 0.2) is 0 Å². The van der Waals surface area contributed by atoms with Crippen LogP contribution in [0.25, 0.3) is 0 Å². The van der Waals surface area contributed by atoms with Gasteiger partial charge in [0.1, 0.15) is 0 Å². The Kier molecular flexibility index (Phi) is 8.07. The summed E-state index contributed by atoms with van der Waals surface area (Å²) < 4.78 is 0. The largest absolute Gasteiger partial charge is 0.300 e. The van der Waals surface area contributed by atoms with E-state index in [2.05, 4.69) is 51.3 Å². The molecular formula is C13H30N2. The monoisotopic (exact) mass is 214 g/mol. The van der Waals surface area contributed by atoms with Crippen LogP contribution >= 0.6 is 0 Å². The Morgan fingerprint density at radius 2 is 1.20 bits per heavy atom. The molecule has 0 aromatic rings. The molecule has 0 spiro atoms. The van der Waals surface area contributed by atoms with Gasteiger partial charge < -0.3 is 0 Å². The Bertz CT molecular complexity index is 143. The van der Waals surface area contributed by atoms with Crippen LogP contribution in [-0.4, -0.2) is 48.1 Å². The zero-order valence-corrected chi connectivity index (χ0v) is 11.6. The summed E-state index contributed by atoms with van der Waals surface area (Å²) in [7, 11) is 0. The molecule has 0 heterocycles. The molecule has 0 aliphatic carbocycles. The van der Waals surface area contributed by atoms with E-state index in [-0.39, 0.29) is 0 Å². The summed E-state index contributed by atoms with van der Waals surface area (Å²) in [6, 6.07) is 1.35. The van der Waals surface area contributed by atoms with Crippen molar-refractivity contribution in [1.82, 2.24) is 9.80 Å². The molecule has 0 bridgehead atoms. The lowest BCUT2D eigenvalue weighted by atomic mass is 10.2. The van der Waals surface area contributed by atoms with Crippen molar-refractivity contribution in [3.05, 3.63) is 0 Å². The van der Waals surface area contributed by atoms with Crippen LogP contribution in [0, 0.1) is 0 Å². The number of nitrogens with zero attached hydrogens (tertiary/aromatic N) is 2. The van der Waals surface area contributed by atoms with Crippen LogP contribution in [0.4, 0.5) is 0 Å². The predicted molar refractivity (Wildman–Crippen MR) is 69.4 cm³/mol. The maximum atomic E-state index is 2.57. The SMILES string of the molecule is CCCN(CCN(CC)C(C)C)C(C)C. The maximum Gasteiger partial charge on any atom is 0.0112 e. The number of rotatable bonds is 8. The molecule has 92 valence electrons. The van der Waals surface area contributed by atoms with Gasteiger partial charge in [-0.25, -0.2) is 0 Å². The van der Waals surface area contributed by atoms with Crippen molar-refractivity contribution in [3.63, 3.8) is 0 Å². The third kappa shape index (κ3) is 6.16. The van der Waals surface area contributed by atoms with E-state index in [1.165, 1.54) is 26.1 Å². The fourth-order valence-corrected chi connectivity index (χ4v) is 1.95. The molecule has 0 saturated heterocycles. The van der Waals surface area contributed by atoms with Gasteiger partial charge in [-0.3, -0.25) is 9.80 Å². The lowest BCUT2D eigenvalue weighted by molar-refractivity contribution is 0.159. The molecule has 0 aliphatic rings. The third-order valence-corrected chi connectivity index (χ3v) is 3.05. The van der Waals surface area contributed by atoms with Crippen LogP contribution in [0.2, 0.25) is 0 Å². The minimum absolute atomic E-state index is 0.672. The van der Waals surface area contributed by atoms with Crippen molar-refractivity contribution >= 4 is 0 Å². The normalized spacial score (nSPS) is 12.4. The first-order valence-electron chi connectivity index (χ1n) is 6.50. The van der Waals surface area contributed by atoms with Gasteiger partial charge in [0.25, 0.3) is 0 Å². The number of hydrogen-bond donors (Lipinski definition) is 0. The Balaban J connectivity index is 3.96. The second kappa shape index (κ2) is 8.12. The first-order chi connectivity index (χ1) is 7.02. The first kappa shape index (κ1) is 14.9. The van der Waals surface area contributed by atoms with E-state index >= 15 is 0 Å². The minimum atomic E-state index is 0.672. The number of likely N-dealkylation sites (N-methyl/N-ethyl adjacent to an activating group) is 1. The summed E-state index contributed by atoms with van der Waals surface area (Å²) in [6.07, 6.45) is 1.26. The summed E-state index contributed by atoms with van der Waals surface area (Å²) in [5.41, 5.74) is 0. The molecule has 0 fully saturated rings. The lowest BCUT2D eigenvalue weighted by Crippen LogP contribution is -2.41. The van der Waals surface area contributed by atoms with Gasteiger partial charge in [0.05, 0.1) is 0 Å². The maximum absolute atomic E-state index is 2.57. The van der Waals surface area contributed by atoms with E-state index in [0.29, 0.717) is 12.1 Å². The highest BCUT2D eigenvalue weighted by Gasteiger charge is 2.11. The Morgan fingerprint density at radius 1 is 0.733 bits per heavy atom. The molecule has 0 aliphatic heterocycles. The van der Waals surface area contributed by atoms with Crippen LogP contribution in [0.1, 0.15) is 48.0 Å². The van der Waals surface area contributed by atoms with Gasteiger partial charge in [-0.2, -0.15) is 0 Å². The molecular weight excluding hydrogens is 184 g/mol. The van der Waals surface area contributed by atoms with Crippen molar-refractivity contribution in [2.24, 2.45) is 0 Å². The van der Waals surface area contributed by atoms with Gasteiger partial charge in [-0.1, -0.05) is 13.8 Å². The Labute approximate surface area is 96.6 Å². The molecule has 2 nitrogen and oxygen atoms in total. The van der Waals surface area contributed by atoms with Crippen LogP contribution in [0.5, 0.6) is 0 Å². The summed E-state index contributed by atoms with van der Waals surface area (Å²) in [5.74, 6) is 0. The highest BCUT2D eigenvalue weighted by atomic mass is 15.2. The topological polar surface area (TPSA) is 6.48 Å². The van der Waals surface area contributed by atoms with Crippen molar-refractivity contribution in [1.29, 1.82) is 0 Å². The molecule has 0 unspecified atom stereocenters. The van der Waals surface area contributed by atoms with Crippen LogP contribution < -0.4 is 0 Å². The van der Waals surface area contributed by atoms with Gasteiger partial charge in [0.15, 0.2) is 0 Å². The van der Waals surface area contributed by atoms with Gasteiger partial charge in [0.2, 0.25) is 0 Å². The average molecular weight is 214 g/mol. The summed E-state index contributed by atoms with van der Waals surface area (Å²) in [6.45, 7) is 18.5. The quantitative estimate of drug-likeness (QED) is 0.613. The third-order valence-electron chi connectivity index (χ3n) is 3.05. The van der Waals surface area contributed by atoms with E-state index in [1.54, 1.807) is 0 Å². The molecule has 0 aromatic carbocycles. The summed E-state index contributed by atoms with van der Waals surface area (Å²) in [4.78, 5) is 5.11. The van der Waals surface area contributed by atoms with Crippen molar-refractivity contribution < 1.29 is 0 Å². The standard InChI is InChI=1S/C13H30N2/c1-7-9-15(13(5)6)11-10-14(8-2)12(3)4/h12-13H,7-11H2,1-6H3. The van der Waals surface area contributed by atoms with E-state index in [9.17, 15) is 0 Å². The smallest absolute Gasteiger partial charge is 0.0112 e. The second-order valence-corrected chi connectivity index (χ2v) is 4.85. The van der Waals surface area contributed by atoms with E-state index in [1.807, 2.05) is 0 Å². The molecule has 0 radical (unpaired) electrons. The van der Waals surface area contributed by atoms with Crippen molar-refractivity contribution in [2.75, 3.05) is 26.2 Å². The highest BCUT2D eigenvalue weighted by molar-refractivity contribution is 4.67. The van der Waals surface area contributed by atoms with Crippen molar-refractivity contribution in [3.8, 4) is 0 Å². The first-order valence-corrected chi connectivity index (χ1v) is 6.50. The minimum Gasteiger partial charge on any atom is -0.300 e.